The van der Waals surface area contributed by atoms with Crippen molar-refractivity contribution in [1.29, 1.82) is 0 Å². The predicted molar refractivity (Wildman–Crippen MR) is 94.9 cm³/mol. The van der Waals surface area contributed by atoms with Gasteiger partial charge in [-0.25, -0.2) is 0 Å². The first kappa shape index (κ1) is 17.7. The van der Waals surface area contributed by atoms with Crippen molar-refractivity contribution in [2.45, 2.75) is 57.6 Å². The molecular weight excluding hydrogens is 316 g/mol. The summed E-state index contributed by atoms with van der Waals surface area (Å²) < 4.78 is 5.07. The molecule has 0 bridgehead atoms. The van der Waals surface area contributed by atoms with Crippen molar-refractivity contribution in [3.8, 4) is 0 Å². The number of hydrogen-bond acceptors (Lipinski definition) is 4. The average molecular weight is 342 g/mol. The molecule has 2 heterocycles. The molecule has 1 fully saturated rings. The highest BCUT2D eigenvalue weighted by atomic mass is 16.5. The van der Waals surface area contributed by atoms with Crippen molar-refractivity contribution in [2.75, 3.05) is 6.54 Å². The summed E-state index contributed by atoms with van der Waals surface area (Å²) in [6.45, 7) is 2.58. The van der Waals surface area contributed by atoms with Gasteiger partial charge < -0.3 is 14.5 Å². The highest BCUT2D eigenvalue weighted by Crippen LogP contribution is 2.27. The van der Waals surface area contributed by atoms with E-state index >= 15 is 0 Å². The number of aliphatic hydroxyl groups excluding tert-OH is 1. The number of amides is 1. The van der Waals surface area contributed by atoms with Gasteiger partial charge in [-0.05, 0) is 31.7 Å². The number of aromatic nitrogens is 1. The minimum atomic E-state index is -0.547. The van der Waals surface area contributed by atoms with E-state index in [1.165, 1.54) is 0 Å². The second-order valence-corrected chi connectivity index (χ2v) is 6.86. The van der Waals surface area contributed by atoms with Crippen molar-refractivity contribution in [2.24, 2.45) is 0 Å². The van der Waals surface area contributed by atoms with E-state index in [0.717, 1.165) is 43.6 Å². The Labute approximate surface area is 148 Å². The van der Waals surface area contributed by atoms with E-state index in [2.05, 4.69) is 5.16 Å². The quantitative estimate of drug-likeness (QED) is 0.904. The van der Waals surface area contributed by atoms with Crippen LogP contribution in [0.1, 0.15) is 55.2 Å². The fraction of sp³-hybridized carbons (Fsp3) is 0.500. The highest BCUT2D eigenvalue weighted by molar-refractivity contribution is 5.78. The van der Waals surface area contributed by atoms with Crippen LogP contribution >= 0.6 is 0 Å². The first-order chi connectivity index (χ1) is 12.1. The van der Waals surface area contributed by atoms with Crippen LogP contribution in [0.15, 0.2) is 40.9 Å². The maximum atomic E-state index is 12.8. The van der Waals surface area contributed by atoms with Crippen LogP contribution in [0.2, 0.25) is 0 Å². The Morgan fingerprint density at radius 3 is 2.84 bits per heavy atom. The molecule has 2 aromatic rings. The smallest absolute Gasteiger partial charge is 0.228 e. The molecule has 0 spiro atoms. The second-order valence-electron chi connectivity index (χ2n) is 6.86. The lowest BCUT2D eigenvalue weighted by Crippen LogP contribution is -2.41. The van der Waals surface area contributed by atoms with Gasteiger partial charge in [0.1, 0.15) is 5.76 Å². The summed E-state index contributed by atoms with van der Waals surface area (Å²) in [6, 6.07) is 11.6. The van der Waals surface area contributed by atoms with Gasteiger partial charge in [-0.3, -0.25) is 4.79 Å². The van der Waals surface area contributed by atoms with Crippen molar-refractivity contribution in [1.82, 2.24) is 10.1 Å². The van der Waals surface area contributed by atoms with E-state index < -0.39 is 6.10 Å². The van der Waals surface area contributed by atoms with E-state index in [9.17, 15) is 9.90 Å². The van der Waals surface area contributed by atoms with E-state index in [0.29, 0.717) is 12.1 Å². The molecule has 1 aromatic carbocycles. The Kier molecular flexibility index (Phi) is 5.87. The van der Waals surface area contributed by atoms with Crippen LogP contribution in [0.3, 0.4) is 0 Å². The monoisotopic (exact) mass is 342 g/mol. The first-order valence-electron chi connectivity index (χ1n) is 9.08. The summed E-state index contributed by atoms with van der Waals surface area (Å²) in [4.78, 5) is 14.8. The summed E-state index contributed by atoms with van der Waals surface area (Å²) in [5, 5.41) is 14.5. The number of likely N-dealkylation sites (tertiary alicyclic amines) is 1. The number of nitrogens with zero attached hydrogens (tertiary/aromatic N) is 2. The molecule has 134 valence electrons. The number of carbonyl (C=O) groups excluding carboxylic acids is 1. The minimum absolute atomic E-state index is 0.0678. The maximum Gasteiger partial charge on any atom is 0.228 e. The molecule has 3 rings (SSSR count). The van der Waals surface area contributed by atoms with E-state index in [1.54, 1.807) is 0 Å². The Hall–Kier alpha value is -2.14. The lowest BCUT2D eigenvalue weighted by Gasteiger charge is -2.31. The van der Waals surface area contributed by atoms with Crippen LogP contribution in [0.25, 0.3) is 0 Å². The minimum Gasteiger partial charge on any atom is -0.388 e. The molecule has 5 heteroatoms. The zero-order chi connectivity index (χ0) is 17.6. The van der Waals surface area contributed by atoms with Crippen molar-refractivity contribution >= 4 is 5.91 Å². The van der Waals surface area contributed by atoms with Crippen LogP contribution in [0.4, 0.5) is 0 Å². The Bertz CT molecular complexity index is 683. The van der Waals surface area contributed by atoms with Gasteiger partial charge in [-0.1, -0.05) is 48.3 Å². The second kappa shape index (κ2) is 8.30. The van der Waals surface area contributed by atoms with Gasteiger partial charge in [-0.15, -0.1) is 0 Å². The molecule has 1 saturated heterocycles. The topological polar surface area (TPSA) is 66.6 Å². The summed E-state index contributed by atoms with van der Waals surface area (Å²) in [5.41, 5.74) is 1.58. The SMILES string of the molecule is Cc1cc(CC(=O)N2CCCCC[C@@H]2C[C@@H](O)c2ccccc2)no1. The van der Waals surface area contributed by atoms with Crippen LogP contribution in [-0.4, -0.2) is 33.7 Å². The van der Waals surface area contributed by atoms with E-state index in [4.69, 9.17) is 4.52 Å². The summed E-state index contributed by atoms with van der Waals surface area (Å²) in [5.74, 6) is 0.787. The molecule has 1 N–H and O–H groups in total. The van der Waals surface area contributed by atoms with Crippen LogP contribution < -0.4 is 0 Å². The fourth-order valence-electron chi connectivity index (χ4n) is 3.58. The van der Waals surface area contributed by atoms with Crippen molar-refractivity contribution < 1.29 is 14.4 Å². The highest BCUT2D eigenvalue weighted by Gasteiger charge is 2.28. The molecule has 0 aliphatic carbocycles. The molecule has 25 heavy (non-hydrogen) atoms. The zero-order valence-corrected chi connectivity index (χ0v) is 14.7. The van der Waals surface area contributed by atoms with Gasteiger partial charge in [0.05, 0.1) is 18.2 Å². The number of rotatable bonds is 5. The fourth-order valence-corrected chi connectivity index (χ4v) is 3.58. The molecule has 1 aromatic heterocycles. The van der Waals surface area contributed by atoms with Gasteiger partial charge >= 0.3 is 0 Å². The van der Waals surface area contributed by atoms with Crippen molar-refractivity contribution in [3.63, 3.8) is 0 Å². The third kappa shape index (κ3) is 4.69. The molecular formula is C20H26N2O3. The summed E-state index contributed by atoms with van der Waals surface area (Å²) in [7, 11) is 0. The summed E-state index contributed by atoms with van der Waals surface area (Å²) >= 11 is 0. The molecule has 0 radical (unpaired) electrons. The molecule has 5 nitrogen and oxygen atoms in total. The lowest BCUT2D eigenvalue weighted by atomic mass is 9.98. The molecule has 0 saturated carbocycles. The Morgan fingerprint density at radius 2 is 2.12 bits per heavy atom. The lowest BCUT2D eigenvalue weighted by molar-refractivity contribution is -0.133. The number of hydrogen-bond donors (Lipinski definition) is 1. The van der Waals surface area contributed by atoms with Gasteiger partial charge in [0, 0.05) is 18.7 Å². The van der Waals surface area contributed by atoms with E-state index in [-0.39, 0.29) is 18.4 Å². The normalized spacial score (nSPS) is 19.4. The molecule has 0 unspecified atom stereocenters. The number of benzene rings is 1. The first-order valence-corrected chi connectivity index (χ1v) is 9.08. The van der Waals surface area contributed by atoms with Gasteiger partial charge in [0.15, 0.2) is 0 Å². The number of carbonyl (C=O) groups is 1. The largest absolute Gasteiger partial charge is 0.388 e. The number of aliphatic hydroxyl groups is 1. The Morgan fingerprint density at radius 1 is 1.32 bits per heavy atom. The van der Waals surface area contributed by atoms with Gasteiger partial charge in [0.25, 0.3) is 0 Å². The molecule has 1 amide bonds. The summed E-state index contributed by atoms with van der Waals surface area (Å²) in [6.07, 6.45) is 4.47. The maximum absolute atomic E-state index is 12.8. The predicted octanol–water partition coefficient (Wildman–Crippen LogP) is 3.42. The zero-order valence-electron chi connectivity index (χ0n) is 14.7. The number of aryl methyl sites for hydroxylation is 1. The third-order valence-electron chi connectivity index (χ3n) is 4.89. The van der Waals surface area contributed by atoms with E-state index in [1.807, 2.05) is 48.2 Å². The molecule has 2 atom stereocenters. The Balaban J connectivity index is 1.69. The average Bonchev–Trinajstić information content (AvgIpc) is 2.88. The third-order valence-corrected chi connectivity index (χ3v) is 4.89. The molecule has 1 aliphatic heterocycles. The molecule has 1 aliphatic rings. The van der Waals surface area contributed by atoms with Gasteiger partial charge in [0.2, 0.25) is 5.91 Å². The van der Waals surface area contributed by atoms with Crippen LogP contribution in [0.5, 0.6) is 0 Å². The van der Waals surface area contributed by atoms with Crippen molar-refractivity contribution in [3.05, 3.63) is 53.4 Å². The van der Waals surface area contributed by atoms with Gasteiger partial charge in [-0.2, -0.15) is 0 Å². The van der Waals surface area contributed by atoms with Crippen LogP contribution in [0, 0.1) is 6.92 Å². The van der Waals surface area contributed by atoms with Crippen LogP contribution in [-0.2, 0) is 11.2 Å². The standard InChI is InChI=1S/C20H26N2O3/c1-15-12-17(21-25-15)13-20(24)22-11-7-3-6-10-18(22)14-19(23)16-8-4-2-5-9-16/h2,4-5,8-9,12,18-19,23H,3,6-7,10-11,13-14H2,1H3/t18-,19-/m1/s1.